The number of carbonyl (C=O) groups is 1. The van der Waals surface area contributed by atoms with E-state index >= 15 is 0 Å². The van der Waals surface area contributed by atoms with Gasteiger partial charge in [0.25, 0.3) is 0 Å². The van der Waals surface area contributed by atoms with Crippen molar-refractivity contribution in [3.63, 3.8) is 0 Å². The summed E-state index contributed by atoms with van der Waals surface area (Å²) in [5, 5.41) is 5.65. The van der Waals surface area contributed by atoms with Crippen LogP contribution in [0.25, 0.3) is 0 Å². The Balaban J connectivity index is 2.47. The lowest BCUT2D eigenvalue weighted by molar-refractivity contribution is -0.120. The molecule has 1 aromatic carbocycles. The Bertz CT molecular complexity index is 553. The normalized spacial score (nSPS) is 11.4. The highest BCUT2D eigenvalue weighted by Crippen LogP contribution is 2.15. The Hall–Kier alpha value is -2.42. The Morgan fingerprint density at radius 2 is 1.96 bits per heavy atom. The molecule has 25 heavy (non-hydrogen) atoms. The molecule has 0 fully saturated rings. The molecule has 1 aromatic rings. The Morgan fingerprint density at radius 3 is 2.52 bits per heavy atom. The molecule has 0 atom stereocenters. The van der Waals surface area contributed by atoms with Gasteiger partial charge in [-0.25, -0.2) is 0 Å². The van der Waals surface area contributed by atoms with E-state index in [1.807, 2.05) is 11.9 Å². The number of hydrogen-bond donors (Lipinski definition) is 2. The number of amides is 1. The number of nitrogens with zero attached hydrogens (tertiary/aromatic N) is 2. The molecule has 140 valence electrons. The lowest BCUT2D eigenvalue weighted by atomic mass is 10.2. The fraction of sp³-hybridized carbons (Fsp3) is 0.500. The minimum atomic E-state index is -2.84. The van der Waals surface area contributed by atoms with Crippen molar-refractivity contribution >= 4 is 11.9 Å². The summed E-state index contributed by atoms with van der Waals surface area (Å²) in [6.45, 7) is -1.38. The lowest BCUT2D eigenvalue weighted by Crippen LogP contribution is -2.44. The summed E-state index contributed by atoms with van der Waals surface area (Å²) in [5.41, 5.74) is 0.886. The molecule has 0 unspecified atom stereocenters. The summed E-state index contributed by atoms with van der Waals surface area (Å²) in [6, 6.07) is 6.35. The smallest absolute Gasteiger partial charge is 0.387 e. The SMILES string of the molecule is CN=C(NCC(=O)NCCOC)N(C)Cc1ccc(OC(F)F)cc1. The van der Waals surface area contributed by atoms with Crippen LogP contribution in [0.1, 0.15) is 5.56 Å². The molecule has 0 aliphatic rings. The first-order chi connectivity index (χ1) is 12.0. The van der Waals surface area contributed by atoms with Gasteiger partial charge in [-0.05, 0) is 17.7 Å². The zero-order valence-corrected chi connectivity index (χ0v) is 14.6. The number of methoxy groups -OCH3 is 1. The number of halogens is 2. The van der Waals surface area contributed by atoms with Crippen LogP contribution in [0.5, 0.6) is 5.75 Å². The van der Waals surface area contributed by atoms with Crippen molar-refractivity contribution in [3.8, 4) is 5.75 Å². The Morgan fingerprint density at radius 1 is 1.28 bits per heavy atom. The maximum absolute atomic E-state index is 12.1. The minimum absolute atomic E-state index is 0.0852. The van der Waals surface area contributed by atoms with E-state index in [0.29, 0.717) is 25.7 Å². The van der Waals surface area contributed by atoms with E-state index in [2.05, 4.69) is 20.4 Å². The van der Waals surface area contributed by atoms with Crippen molar-refractivity contribution in [2.45, 2.75) is 13.2 Å². The molecule has 0 bridgehead atoms. The molecule has 1 rings (SSSR count). The molecule has 0 spiro atoms. The quantitative estimate of drug-likeness (QED) is 0.392. The standard InChI is InChI=1S/C16H24F2N4O3/c1-19-16(21-10-14(23)20-8-9-24-3)22(2)11-12-4-6-13(7-5-12)25-15(17)18/h4-7,15H,8-11H2,1-3H3,(H,19,21)(H,20,23). The molecule has 0 radical (unpaired) electrons. The van der Waals surface area contributed by atoms with Crippen molar-refractivity contribution in [3.05, 3.63) is 29.8 Å². The number of guanidine groups is 1. The number of nitrogens with one attached hydrogen (secondary N) is 2. The third-order valence-corrected chi connectivity index (χ3v) is 3.18. The molecule has 0 aliphatic heterocycles. The van der Waals surface area contributed by atoms with Gasteiger partial charge in [0.05, 0.1) is 13.2 Å². The molecule has 7 nitrogen and oxygen atoms in total. The fourth-order valence-corrected chi connectivity index (χ4v) is 2.02. The molecular formula is C16H24F2N4O3. The average molecular weight is 358 g/mol. The summed E-state index contributed by atoms with van der Waals surface area (Å²) in [4.78, 5) is 17.6. The van der Waals surface area contributed by atoms with Crippen molar-refractivity contribution in [2.24, 2.45) is 4.99 Å². The van der Waals surface area contributed by atoms with Gasteiger partial charge in [0, 0.05) is 34.3 Å². The van der Waals surface area contributed by atoms with Gasteiger partial charge < -0.3 is 25.0 Å². The van der Waals surface area contributed by atoms with Gasteiger partial charge in [0.15, 0.2) is 5.96 Å². The van der Waals surface area contributed by atoms with Crippen LogP contribution in [0.4, 0.5) is 8.78 Å². The first kappa shape index (κ1) is 20.6. The number of alkyl halides is 2. The van der Waals surface area contributed by atoms with Gasteiger partial charge in [-0.2, -0.15) is 8.78 Å². The van der Waals surface area contributed by atoms with Crippen LogP contribution < -0.4 is 15.4 Å². The summed E-state index contributed by atoms with van der Waals surface area (Å²) in [5.74, 6) is 0.478. The second-order valence-corrected chi connectivity index (χ2v) is 5.12. The van der Waals surface area contributed by atoms with Gasteiger partial charge >= 0.3 is 6.61 Å². The van der Waals surface area contributed by atoms with E-state index in [9.17, 15) is 13.6 Å². The molecule has 1 amide bonds. The first-order valence-corrected chi connectivity index (χ1v) is 7.67. The third kappa shape index (κ3) is 8.30. The lowest BCUT2D eigenvalue weighted by Gasteiger charge is -2.22. The van der Waals surface area contributed by atoms with Crippen LogP contribution in [0.15, 0.2) is 29.3 Å². The second-order valence-electron chi connectivity index (χ2n) is 5.12. The topological polar surface area (TPSA) is 75.2 Å². The van der Waals surface area contributed by atoms with Crippen LogP contribution in [-0.4, -0.2) is 64.3 Å². The number of carbonyl (C=O) groups excluding carboxylic acids is 1. The van der Waals surface area contributed by atoms with Crippen molar-refractivity contribution in [1.29, 1.82) is 0 Å². The van der Waals surface area contributed by atoms with E-state index in [4.69, 9.17) is 4.74 Å². The van der Waals surface area contributed by atoms with E-state index in [0.717, 1.165) is 5.56 Å². The minimum Gasteiger partial charge on any atom is -0.435 e. The monoisotopic (exact) mass is 358 g/mol. The summed E-state index contributed by atoms with van der Waals surface area (Å²) in [7, 11) is 4.98. The number of aliphatic imine (C=N–C) groups is 1. The predicted octanol–water partition coefficient (Wildman–Crippen LogP) is 1.06. The Kier molecular flexibility index (Phi) is 9.23. The predicted molar refractivity (Wildman–Crippen MR) is 90.8 cm³/mol. The van der Waals surface area contributed by atoms with Crippen LogP contribution >= 0.6 is 0 Å². The fourth-order valence-electron chi connectivity index (χ4n) is 2.02. The molecule has 9 heteroatoms. The summed E-state index contributed by atoms with van der Waals surface area (Å²) in [6.07, 6.45) is 0. The van der Waals surface area contributed by atoms with E-state index in [1.54, 1.807) is 26.3 Å². The van der Waals surface area contributed by atoms with Gasteiger partial charge in [-0.1, -0.05) is 12.1 Å². The van der Waals surface area contributed by atoms with Gasteiger partial charge in [0.1, 0.15) is 5.75 Å². The highest BCUT2D eigenvalue weighted by atomic mass is 19.3. The highest BCUT2D eigenvalue weighted by molar-refractivity contribution is 5.86. The molecular weight excluding hydrogens is 334 g/mol. The van der Waals surface area contributed by atoms with Gasteiger partial charge in [-0.15, -0.1) is 0 Å². The molecule has 0 aromatic heterocycles. The van der Waals surface area contributed by atoms with Crippen LogP contribution in [0.2, 0.25) is 0 Å². The van der Waals surface area contributed by atoms with Crippen molar-refractivity contribution < 1.29 is 23.0 Å². The van der Waals surface area contributed by atoms with Crippen LogP contribution in [-0.2, 0) is 16.1 Å². The largest absolute Gasteiger partial charge is 0.435 e. The Labute approximate surface area is 146 Å². The van der Waals surface area contributed by atoms with E-state index in [-0.39, 0.29) is 18.2 Å². The maximum Gasteiger partial charge on any atom is 0.387 e. The van der Waals surface area contributed by atoms with Gasteiger partial charge in [-0.3, -0.25) is 9.79 Å². The molecule has 0 saturated heterocycles. The van der Waals surface area contributed by atoms with Crippen molar-refractivity contribution in [2.75, 3.05) is 40.9 Å². The van der Waals surface area contributed by atoms with Crippen LogP contribution in [0.3, 0.4) is 0 Å². The average Bonchev–Trinajstić information content (AvgIpc) is 2.57. The highest BCUT2D eigenvalue weighted by Gasteiger charge is 2.09. The number of ether oxygens (including phenoxy) is 2. The van der Waals surface area contributed by atoms with Gasteiger partial charge in [0.2, 0.25) is 5.91 Å². The van der Waals surface area contributed by atoms with E-state index < -0.39 is 6.61 Å². The summed E-state index contributed by atoms with van der Waals surface area (Å²) >= 11 is 0. The van der Waals surface area contributed by atoms with Crippen molar-refractivity contribution in [1.82, 2.24) is 15.5 Å². The molecule has 0 heterocycles. The first-order valence-electron chi connectivity index (χ1n) is 7.67. The maximum atomic E-state index is 12.1. The molecule has 0 aliphatic carbocycles. The number of benzene rings is 1. The molecule has 2 N–H and O–H groups in total. The summed E-state index contributed by atoms with van der Waals surface area (Å²) < 4.78 is 33.4. The van der Waals surface area contributed by atoms with Crippen LogP contribution in [0, 0.1) is 0 Å². The number of hydrogen-bond acceptors (Lipinski definition) is 4. The second kappa shape index (κ2) is 11.2. The zero-order chi connectivity index (χ0) is 18.7. The molecule has 0 saturated carbocycles. The number of rotatable bonds is 9. The zero-order valence-electron chi connectivity index (χ0n) is 14.6. The van der Waals surface area contributed by atoms with E-state index in [1.165, 1.54) is 12.1 Å². The third-order valence-electron chi connectivity index (χ3n) is 3.18.